The predicted molar refractivity (Wildman–Crippen MR) is 99.2 cm³/mol. The van der Waals surface area contributed by atoms with Crippen LogP contribution in [-0.2, 0) is 17.6 Å². The van der Waals surface area contributed by atoms with Crippen LogP contribution >= 0.6 is 11.3 Å². The van der Waals surface area contributed by atoms with Gasteiger partial charge in [0.15, 0.2) is 0 Å². The minimum absolute atomic E-state index is 0.0409. The smallest absolute Gasteiger partial charge is 0.226 e. The number of carbonyl (C=O) groups is 1. The molecule has 1 aliphatic rings. The summed E-state index contributed by atoms with van der Waals surface area (Å²) in [5.41, 5.74) is 6.56. The molecule has 1 aliphatic heterocycles. The number of amides is 1. The fourth-order valence-corrected chi connectivity index (χ4v) is 3.67. The second kappa shape index (κ2) is 7.21. The van der Waals surface area contributed by atoms with Crippen molar-refractivity contribution in [2.24, 2.45) is 0 Å². The van der Waals surface area contributed by atoms with Crippen LogP contribution in [0.4, 0.5) is 0 Å². The molecule has 26 heavy (non-hydrogen) atoms. The third kappa shape index (κ3) is 3.57. The highest BCUT2D eigenvalue weighted by Crippen LogP contribution is 2.38. The summed E-state index contributed by atoms with van der Waals surface area (Å²) in [5.74, 6) is 0.802. The summed E-state index contributed by atoms with van der Waals surface area (Å²) in [6.07, 6.45) is 6.05. The Bertz CT molecular complexity index is 913. The molecule has 1 unspecified atom stereocenters. The Labute approximate surface area is 155 Å². The van der Waals surface area contributed by atoms with E-state index < -0.39 is 0 Å². The zero-order valence-electron chi connectivity index (χ0n) is 14.3. The standard InChI is InChI=1S/C19H18N4O2S/c1-12-4-13-6-15(8-22-18(24)7-14-10-26-11-23-14)25-19(13)16(5-12)17-9-20-2-3-21-17/h2-5,9-11,15H,6-8H2,1H3,(H,22,24). The second-order valence-electron chi connectivity index (χ2n) is 6.30. The van der Waals surface area contributed by atoms with Crippen molar-refractivity contribution >= 4 is 17.2 Å². The van der Waals surface area contributed by atoms with Crippen molar-refractivity contribution in [3.8, 4) is 17.0 Å². The molecule has 7 heteroatoms. The number of ether oxygens (including phenoxy) is 1. The van der Waals surface area contributed by atoms with Gasteiger partial charge in [-0.15, -0.1) is 11.3 Å². The Balaban J connectivity index is 1.45. The van der Waals surface area contributed by atoms with Crippen molar-refractivity contribution in [3.63, 3.8) is 0 Å². The monoisotopic (exact) mass is 366 g/mol. The molecular formula is C19H18N4O2S. The van der Waals surface area contributed by atoms with E-state index in [-0.39, 0.29) is 12.0 Å². The van der Waals surface area contributed by atoms with E-state index in [1.165, 1.54) is 11.3 Å². The van der Waals surface area contributed by atoms with Crippen molar-refractivity contribution < 1.29 is 9.53 Å². The van der Waals surface area contributed by atoms with Crippen molar-refractivity contribution in [2.75, 3.05) is 6.54 Å². The van der Waals surface area contributed by atoms with Crippen LogP contribution in [0, 0.1) is 6.92 Å². The zero-order valence-corrected chi connectivity index (χ0v) is 15.1. The van der Waals surface area contributed by atoms with Crippen molar-refractivity contribution in [3.05, 3.63) is 58.4 Å². The Hall–Kier alpha value is -2.80. The molecule has 0 spiro atoms. The number of nitrogens with one attached hydrogen (secondary N) is 1. The van der Waals surface area contributed by atoms with Crippen LogP contribution in [0.5, 0.6) is 5.75 Å². The number of rotatable bonds is 5. The maximum atomic E-state index is 12.1. The molecule has 2 aromatic heterocycles. The molecule has 0 radical (unpaired) electrons. The van der Waals surface area contributed by atoms with Gasteiger partial charge in [0, 0.05) is 29.8 Å². The van der Waals surface area contributed by atoms with Crippen molar-refractivity contribution in [1.29, 1.82) is 0 Å². The molecule has 6 nitrogen and oxygen atoms in total. The zero-order chi connectivity index (χ0) is 17.9. The van der Waals surface area contributed by atoms with E-state index in [1.807, 2.05) is 5.38 Å². The van der Waals surface area contributed by atoms with Gasteiger partial charge in [0.2, 0.25) is 5.91 Å². The van der Waals surface area contributed by atoms with Crippen LogP contribution in [0.25, 0.3) is 11.3 Å². The first-order chi connectivity index (χ1) is 12.7. The average molecular weight is 366 g/mol. The molecule has 3 heterocycles. The largest absolute Gasteiger partial charge is 0.487 e. The number of hydrogen-bond acceptors (Lipinski definition) is 6. The second-order valence-corrected chi connectivity index (χ2v) is 7.01. The SMILES string of the molecule is Cc1cc2c(c(-c3cnccn3)c1)OC(CNC(=O)Cc1cscn1)C2. The molecule has 4 rings (SSSR count). The highest BCUT2D eigenvalue weighted by Gasteiger charge is 2.27. The third-order valence-corrected chi connectivity index (χ3v) is 4.87. The summed E-state index contributed by atoms with van der Waals surface area (Å²) >= 11 is 1.49. The lowest BCUT2D eigenvalue weighted by molar-refractivity contribution is -0.120. The van der Waals surface area contributed by atoms with Gasteiger partial charge in [0.1, 0.15) is 11.9 Å². The topological polar surface area (TPSA) is 77.0 Å². The van der Waals surface area contributed by atoms with E-state index in [1.54, 1.807) is 24.1 Å². The number of benzene rings is 1. The summed E-state index contributed by atoms with van der Waals surface area (Å²) < 4.78 is 6.14. The van der Waals surface area contributed by atoms with Gasteiger partial charge >= 0.3 is 0 Å². The van der Waals surface area contributed by atoms with Crippen molar-refractivity contribution in [2.45, 2.75) is 25.9 Å². The molecule has 0 saturated heterocycles. The lowest BCUT2D eigenvalue weighted by Gasteiger charge is -2.13. The van der Waals surface area contributed by atoms with Crippen LogP contribution in [0.1, 0.15) is 16.8 Å². The lowest BCUT2D eigenvalue weighted by atomic mass is 10.0. The number of aromatic nitrogens is 3. The van der Waals surface area contributed by atoms with Gasteiger partial charge in [-0.3, -0.25) is 14.8 Å². The molecule has 0 bridgehead atoms. The van der Waals surface area contributed by atoms with E-state index in [0.717, 1.165) is 40.2 Å². The minimum atomic E-state index is -0.0818. The molecule has 0 fully saturated rings. The van der Waals surface area contributed by atoms with Crippen molar-refractivity contribution in [1.82, 2.24) is 20.3 Å². The molecule has 0 saturated carbocycles. The first-order valence-electron chi connectivity index (χ1n) is 8.39. The van der Waals surface area contributed by atoms with Crippen LogP contribution in [-0.4, -0.2) is 33.5 Å². The molecule has 1 amide bonds. The van der Waals surface area contributed by atoms with Gasteiger partial charge in [0.05, 0.1) is 36.1 Å². The number of fused-ring (bicyclic) bond motifs is 1. The van der Waals surface area contributed by atoms with E-state index >= 15 is 0 Å². The van der Waals surface area contributed by atoms with E-state index in [9.17, 15) is 4.79 Å². The normalized spacial score (nSPS) is 15.3. The highest BCUT2D eigenvalue weighted by molar-refractivity contribution is 7.07. The third-order valence-electron chi connectivity index (χ3n) is 4.23. The molecule has 3 aromatic rings. The number of nitrogens with zero attached hydrogens (tertiary/aromatic N) is 3. The van der Waals surface area contributed by atoms with Gasteiger partial charge < -0.3 is 10.1 Å². The maximum absolute atomic E-state index is 12.1. The van der Waals surface area contributed by atoms with E-state index in [0.29, 0.717) is 13.0 Å². The predicted octanol–water partition coefficient (Wildman–Crippen LogP) is 2.57. The summed E-state index contributed by atoms with van der Waals surface area (Å²) in [6.45, 7) is 2.53. The summed E-state index contributed by atoms with van der Waals surface area (Å²) in [5, 5.41) is 4.83. The first kappa shape index (κ1) is 16.7. The van der Waals surface area contributed by atoms with Gasteiger partial charge in [-0.05, 0) is 24.1 Å². The fraction of sp³-hybridized carbons (Fsp3) is 0.263. The quantitative estimate of drug-likeness (QED) is 0.751. The number of hydrogen-bond donors (Lipinski definition) is 1. The number of thiazole rings is 1. The van der Waals surface area contributed by atoms with Crippen LogP contribution in [0.15, 0.2) is 41.6 Å². The number of aryl methyl sites for hydroxylation is 1. The minimum Gasteiger partial charge on any atom is -0.487 e. The Morgan fingerprint density at radius 3 is 3.04 bits per heavy atom. The van der Waals surface area contributed by atoms with Crippen LogP contribution in [0.3, 0.4) is 0 Å². The summed E-state index contributed by atoms with van der Waals surface area (Å²) in [6, 6.07) is 4.19. The maximum Gasteiger partial charge on any atom is 0.226 e. The van der Waals surface area contributed by atoms with Gasteiger partial charge in [-0.25, -0.2) is 4.98 Å². The Kier molecular flexibility index (Phi) is 4.62. The van der Waals surface area contributed by atoms with Crippen LogP contribution < -0.4 is 10.1 Å². The summed E-state index contributed by atoms with van der Waals surface area (Å²) in [7, 11) is 0. The first-order valence-corrected chi connectivity index (χ1v) is 9.33. The van der Waals surface area contributed by atoms with Gasteiger partial charge in [-0.1, -0.05) is 6.07 Å². The molecule has 1 N–H and O–H groups in total. The molecule has 0 aliphatic carbocycles. The summed E-state index contributed by atoms with van der Waals surface area (Å²) in [4.78, 5) is 24.7. The van der Waals surface area contributed by atoms with Gasteiger partial charge in [-0.2, -0.15) is 0 Å². The molecular weight excluding hydrogens is 348 g/mol. The highest BCUT2D eigenvalue weighted by atomic mass is 32.1. The molecule has 1 aromatic carbocycles. The fourth-order valence-electron chi connectivity index (χ4n) is 3.11. The van der Waals surface area contributed by atoms with E-state index in [2.05, 4.69) is 39.3 Å². The Morgan fingerprint density at radius 1 is 1.35 bits per heavy atom. The van der Waals surface area contributed by atoms with E-state index in [4.69, 9.17) is 4.74 Å². The van der Waals surface area contributed by atoms with Crippen LogP contribution in [0.2, 0.25) is 0 Å². The van der Waals surface area contributed by atoms with Gasteiger partial charge in [0.25, 0.3) is 0 Å². The Morgan fingerprint density at radius 2 is 2.27 bits per heavy atom. The average Bonchev–Trinajstić information content (AvgIpc) is 3.29. The molecule has 1 atom stereocenters. The number of carbonyl (C=O) groups excluding carboxylic acids is 1. The lowest BCUT2D eigenvalue weighted by Crippen LogP contribution is -2.35. The molecule has 132 valence electrons.